The number of hydrogen-bond donors (Lipinski definition) is 4. The Kier molecular flexibility index (Phi) is 6.73. The van der Waals surface area contributed by atoms with Crippen molar-refractivity contribution in [3.05, 3.63) is 46.6 Å². The molecule has 3 rings (SSSR count). The Morgan fingerprint density at radius 3 is 2.63 bits per heavy atom. The molecule has 0 bridgehead atoms. The lowest BCUT2D eigenvalue weighted by molar-refractivity contribution is -0.136. The average Bonchev–Trinajstić information content (AvgIpc) is 3.06. The highest BCUT2D eigenvalue weighted by Gasteiger charge is 2.30. The van der Waals surface area contributed by atoms with E-state index in [0.717, 1.165) is 5.56 Å². The van der Waals surface area contributed by atoms with Crippen LogP contribution in [0.4, 0.5) is 5.82 Å². The fourth-order valence-electron chi connectivity index (χ4n) is 3.12. The number of nitrogens with one attached hydrogen (secondary N) is 4. The van der Waals surface area contributed by atoms with Gasteiger partial charge >= 0.3 is 11.8 Å². The van der Waals surface area contributed by atoms with Crippen LogP contribution in [0.15, 0.2) is 30.3 Å². The van der Waals surface area contributed by atoms with Crippen molar-refractivity contribution in [1.29, 1.82) is 0 Å². The van der Waals surface area contributed by atoms with E-state index >= 15 is 0 Å². The summed E-state index contributed by atoms with van der Waals surface area (Å²) in [6.45, 7) is 6.00. The van der Waals surface area contributed by atoms with E-state index in [-0.39, 0.29) is 24.4 Å². The number of amides is 3. The predicted molar refractivity (Wildman–Crippen MR) is 112 cm³/mol. The number of halogens is 1. The van der Waals surface area contributed by atoms with Gasteiger partial charge in [0, 0.05) is 30.1 Å². The van der Waals surface area contributed by atoms with Crippen LogP contribution in [0.3, 0.4) is 0 Å². The van der Waals surface area contributed by atoms with Gasteiger partial charge < -0.3 is 16.0 Å². The number of nitrogens with zero attached hydrogens (tertiary/aromatic N) is 2. The molecule has 0 radical (unpaired) electrons. The number of carbonyl (C=O) groups is 3. The van der Waals surface area contributed by atoms with Gasteiger partial charge in [0.15, 0.2) is 6.29 Å². The van der Waals surface area contributed by atoms with Gasteiger partial charge in [-0.15, -0.1) is 0 Å². The third kappa shape index (κ3) is 5.37. The summed E-state index contributed by atoms with van der Waals surface area (Å²) in [5.74, 6) is -1.17. The molecule has 3 amide bonds. The fourth-order valence-corrected chi connectivity index (χ4v) is 3.25. The Morgan fingerprint density at radius 1 is 1.27 bits per heavy atom. The maximum absolute atomic E-state index is 12.4. The number of aromatic nitrogens is 2. The number of hydrogen-bond acceptors (Lipinski definition) is 5. The average molecular weight is 433 g/mol. The lowest BCUT2D eigenvalue weighted by atomic mass is 9.99. The molecule has 1 aromatic heterocycles. The van der Waals surface area contributed by atoms with Crippen LogP contribution in [-0.2, 0) is 20.9 Å². The largest absolute Gasteiger partial charge is 0.344 e. The van der Waals surface area contributed by atoms with Gasteiger partial charge in [-0.25, -0.2) is 4.68 Å². The number of rotatable bonds is 5. The van der Waals surface area contributed by atoms with Crippen molar-refractivity contribution >= 4 is 35.1 Å². The summed E-state index contributed by atoms with van der Waals surface area (Å²) in [6, 6.07) is 8.56. The van der Waals surface area contributed by atoms with E-state index in [1.807, 2.05) is 13.8 Å². The molecule has 1 fully saturated rings. The number of carbonyl (C=O) groups excluding carboxylic acids is 3. The van der Waals surface area contributed by atoms with Crippen molar-refractivity contribution < 1.29 is 14.4 Å². The molecular weight excluding hydrogens is 408 g/mol. The minimum Gasteiger partial charge on any atom is -0.344 e. The van der Waals surface area contributed by atoms with Gasteiger partial charge in [-0.3, -0.25) is 19.7 Å². The van der Waals surface area contributed by atoms with Gasteiger partial charge in [0.1, 0.15) is 5.82 Å². The highest BCUT2D eigenvalue weighted by molar-refractivity contribution is 6.39. The molecule has 4 N–H and O–H groups in total. The Hall–Kier alpha value is -2.91. The molecule has 0 aliphatic carbocycles. The van der Waals surface area contributed by atoms with E-state index < -0.39 is 18.1 Å². The zero-order valence-electron chi connectivity index (χ0n) is 17.0. The first-order chi connectivity index (χ1) is 14.2. The SMILES string of the molecule is Cc1cc(NC(=O)C(=O)NCc2ccc(Cl)cc2)n(C2NC(=O)CC(C(C)C)N2)n1. The summed E-state index contributed by atoms with van der Waals surface area (Å²) in [5.41, 5.74) is 1.45. The Balaban J connectivity index is 1.66. The van der Waals surface area contributed by atoms with Crippen LogP contribution in [0.2, 0.25) is 5.02 Å². The molecule has 1 aliphatic heterocycles. The standard InChI is InChI=1S/C20H25ClN6O3/c1-11(2)15-9-17(28)25-20(23-15)27-16(8-12(3)26-27)24-19(30)18(29)22-10-13-4-6-14(21)7-5-13/h4-8,11,15,20,23H,9-10H2,1-3H3,(H,22,29)(H,24,30)(H,25,28). The summed E-state index contributed by atoms with van der Waals surface area (Å²) in [7, 11) is 0. The second-order valence-corrected chi connectivity index (χ2v) is 8.01. The number of anilines is 1. The molecule has 30 heavy (non-hydrogen) atoms. The molecule has 2 aromatic rings. The van der Waals surface area contributed by atoms with Crippen molar-refractivity contribution in [1.82, 2.24) is 25.7 Å². The molecule has 0 saturated carbocycles. The second-order valence-electron chi connectivity index (χ2n) is 7.57. The van der Waals surface area contributed by atoms with Crippen molar-refractivity contribution in [3.63, 3.8) is 0 Å². The van der Waals surface area contributed by atoms with Crippen LogP contribution >= 0.6 is 11.6 Å². The summed E-state index contributed by atoms with van der Waals surface area (Å²) in [5, 5.41) is 16.2. The summed E-state index contributed by atoms with van der Waals surface area (Å²) < 4.78 is 1.46. The van der Waals surface area contributed by atoms with Crippen LogP contribution in [0.25, 0.3) is 0 Å². The Bertz CT molecular complexity index is 941. The minimum absolute atomic E-state index is 0.0283. The fraction of sp³-hybridized carbons (Fsp3) is 0.400. The lowest BCUT2D eigenvalue weighted by Crippen LogP contribution is -2.55. The molecule has 2 heterocycles. The normalized spacial score (nSPS) is 18.8. The Morgan fingerprint density at radius 2 is 1.97 bits per heavy atom. The van der Waals surface area contributed by atoms with Crippen LogP contribution in [-0.4, -0.2) is 33.5 Å². The van der Waals surface area contributed by atoms with Gasteiger partial charge in [0.05, 0.1) is 5.69 Å². The molecule has 1 aromatic carbocycles. The number of aryl methyl sites for hydroxylation is 1. The Labute approximate surface area is 179 Å². The third-order valence-corrected chi connectivity index (χ3v) is 5.05. The van der Waals surface area contributed by atoms with Crippen LogP contribution in [0.5, 0.6) is 0 Å². The minimum atomic E-state index is -0.826. The van der Waals surface area contributed by atoms with Crippen molar-refractivity contribution in [2.24, 2.45) is 5.92 Å². The number of benzene rings is 1. The summed E-state index contributed by atoms with van der Waals surface area (Å²) >= 11 is 5.84. The van der Waals surface area contributed by atoms with E-state index in [2.05, 4.69) is 26.4 Å². The lowest BCUT2D eigenvalue weighted by Gasteiger charge is -2.34. The van der Waals surface area contributed by atoms with Crippen LogP contribution < -0.4 is 21.3 Å². The molecule has 160 valence electrons. The first kappa shape index (κ1) is 21.8. The molecule has 0 spiro atoms. The van der Waals surface area contributed by atoms with Crippen molar-refractivity contribution in [2.45, 2.75) is 46.1 Å². The monoisotopic (exact) mass is 432 g/mol. The highest BCUT2D eigenvalue weighted by Crippen LogP contribution is 2.19. The zero-order chi connectivity index (χ0) is 21.8. The van der Waals surface area contributed by atoms with Gasteiger partial charge in [-0.1, -0.05) is 37.6 Å². The zero-order valence-corrected chi connectivity index (χ0v) is 17.8. The van der Waals surface area contributed by atoms with E-state index in [1.54, 1.807) is 37.3 Å². The topological polar surface area (TPSA) is 117 Å². The molecular formula is C20H25ClN6O3. The van der Waals surface area contributed by atoms with E-state index in [4.69, 9.17) is 11.6 Å². The van der Waals surface area contributed by atoms with Crippen LogP contribution in [0, 0.1) is 12.8 Å². The second kappa shape index (κ2) is 9.27. The molecule has 2 unspecified atom stereocenters. The van der Waals surface area contributed by atoms with Gasteiger partial charge in [-0.2, -0.15) is 5.10 Å². The third-order valence-electron chi connectivity index (χ3n) is 4.80. The van der Waals surface area contributed by atoms with Gasteiger partial charge in [0.25, 0.3) is 0 Å². The van der Waals surface area contributed by atoms with Gasteiger partial charge in [0.2, 0.25) is 5.91 Å². The molecule has 2 atom stereocenters. The molecule has 9 nitrogen and oxygen atoms in total. The van der Waals surface area contributed by atoms with Crippen LogP contribution in [0.1, 0.15) is 37.8 Å². The van der Waals surface area contributed by atoms with Crippen molar-refractivity contribution in [2.75, 3.05) is 5.32 Å². The van der Waals surface area contributed by atoms with E-state index in [1.165, 1.54) is 4.68 Å². The summed E-state index contributed by atoms with van der Waals surface area (Å²) in [6.07, 6.45) is -0.261. The molecule has 1 saturated heterocycles. The van der Waals surface area contributed by atoms with E-state index in [0.29, 0.717) is 23.0 Å². The quantitative estimate of drug-likeness (QED) is 0.536. The van der Waals surface area contributed by atoms with E-state index in [9.17, 15) is 14.4 Å². The van der Waals surface area contributed by atoms with Gasteiger partial charge in [-0.05, 0) is 30.5 Å². The maximum atomic E-state index is 12.4. The molecule has 1 aliphatic rings. The first-order valence-corrected chi connectivity index (χ1v) is 10.1. The molecule has 10 heteroatoms. The highest BCUT2D eigenvalue weighted by atomic mass is 35.5. The first-order valence-electron chi connectivity index (χ1n) is 9.68. The maximum Gasteiger partial charge on any atom is 0.314 e. The predicted octanol–water partition coefficient (Wildman–Crippen LogP) is 1.69. The summed E-state index contributed by atoms with van der Waals surface area (Å²) in [4.78, 5) is 36.7. The smallest absolute Gasteiger partial charge is 0.314 e. The van der Waals surface area contributed by atoms with Crippen molar-refractivity contribution in [3.8, 4) is 0 Å².